The molecule has 0 spiro atoms. The fraction of sp³-hybridized carbons (Fsp3) is 0.962. The Morgan fingerprint density at radius 3 is 0.525 bits per heavy atom. The Balaban J connectivity index is -0.0000000589. The fourth-order valence-electron chi connectivity index (χ4n) is 23.5. The summed E-state index contributed by atoms with van der Waals surface area (Å²) < 4.78 is 0. The average molecular weight is 2820 g/mol. The molecule has 0 amide bonds. The minimum atomic E-state index is 0. The van der Waals surface area contributed by atoms with E-state index >= 15 is 0 Å². The molecule has 0 aromatic carbocycles. The molecule has 15 saturated carbocycles. The molecule has 15 aliphatic rings. The van der Waals surface area contributed by atoms with Gasteiger partial charge in [0.05, 0.1) is 6.10 Å². The summed E-state index contributed by atoms with van der Waals surface area (Å²) in [5.74, 6) is 24.3. The number of hydrogen-bond acceptors (Lipinski definition) is 2. The van der Waals surface area contributed by atoms with Crippen LogP contribution in [0.4, 0.5) is 0 Å². The largest absolute Gasteiger partial charge is 0.562 e. The van der Waals surface area contributed by atoms with Crippen molar-refractivity contribution < 1.29 is 703 Å². The molecule has 626 valence electrons. The Labute approximate surface area is 1170 Å². The van der Waals surface area contributed by atoms with E-state index in [1.54, 1.807) is 51.4 Å². The van der Waals surface area contributed by atoms with Crippen LogP contribution >= 0.6 is 0 Å². The van der Waals surface area contributed by atoms with Crippen LogP contribution in [-0.4, -0.2) is 16.3 Å². The molecule has 0 heterocycles. The second-order valence-electron chi connectivity index (χ2n) is 29.0. The zero-order valence-electron chi connectivity index (χ0n) is 64.1. The van der Waals surface area contributed by atoms with Crippen LogP contribution in [0.2, 0.25) is 0 Å². The molecule has 0 radical (unpaired) electrons. The van der Waals surface area contributed by atoms with Gasteiger partial charge in [0.1, 0.15) is 0 Å². The van der Waals surface area contributed by atoms with Gasteiger partial charge < -0.3 is 22.0 Å². The normalized spacial score (nSPS) is 35.1. The van der Waals surface area contributed by atoms with Crippen molar-refractivity contribution in [1.29, 1.82) is 0 Å². The molecule has 15 fully saturated rings. The van der Waals surface area contributed by atoms with Gasteiger partial charge in [0.15, 0.2) is 0 Å². The molecule has 15 aliphatic carbocycles. The third-order valence-electron chi connectivity index (χ3n) is 26.5. The topological polar surface area (TPSA) is 40.5 Å². The quantitative estimate of drug-likeness (QED) is 0.237. The molecular formula is C78H143Ar15O2W6-3. The smallest absolute Gasteiger partial charge is 0.0602 e. The van der Waals surface area contributed by atoms with Gasteiger partial charge in [-0.15, -0.1) is 11.8 Å². The molecule has 0 bridgehead atoms. The molecule has 0 aliphatic heterocycles. The first-order valence-electron chi connectivity index (χ1n) is 38.3. The summed E-state index contributed by atoms with van der Waals surface area (Å²) >= 11 is 0. The number of aliphatic hydroxyl groups excluding tert-OH is 2. The van der Waals surface area contributed by atoms with Crippen molar-refractivity contribution in [2.24, 2.45) is 124 Å². The third-order valence-corrected chi connectivity index (χ3v) is 26.5. The number of hydrogen-bond donors (Lipinski definition) is 2. The van der Waals surface area contributed by atoms with E-state index in [0.717, 1.165) is 107 Å². The van der Waals surface area contributed by atoms with Gasteiger partial charge in [-0.2, -0.15) is 43.6 Å². The summed E-state index contributed by atoms with van der Waals surface area (Å²) in [7, 11) is 0. The molecule has 101 heavy (non-hydrogen) atoms. The van der Waals surface area contributed by atoms with Crippen LogP contribution in [-0.2, 0) is 126 Å². The van der Waals surface area contributed by atoms with Crippen molar-refractivity contribution in [3.8, 4) is 0 Å². The summed E-state index contributed by atoms with van der Waals surface area (Å²) in [4.78, 5) is 0. The maximum absolute atomic E-state index is 10.3. The monoisotopic (exact) mass is 2820 g/mol. The Hall–Kier alpha value is 22.9. The summed E-state index contributed by atoms with van der Waals surface area (Å²) in [6.45, 7) is 27.5. The Kier molecular flexibility index (Phi) is 153. The molecule has 20 atom stereocenters. The Bertz CT molecular complexity index is 1300. The first-order chi connectivity index (χ1) is 39.4. The summed E-state index contributed by atoms with van der Waals surface area (Å²) in [6.07, 6.45) is 59.9. The summed E-state index contributed by atoms with van der Waals surface area (Å²) in [6, 6.07) is 0. The zero-order chi connectivity index (χ0) is 57.7. The number of aliphatic hydroxyl groups is 2. The second kappa shape index (κ2) is 96.1. The van der Waals surface area contributed by atoms with E-state index in [-0.39, 0.29) is 699 Å². The van der Waals surface area contributed by atoms with E-state index in [4.69, 9.17) is 0 Å². The minimum Gasteiger partial charge on any atom is -0.562 e. The Morgan fingerprint density at radius 2 is 0.327 bits per heavy atom. The van der Waals surface area contributed by atoms with E-state index in [9.17, 15) is 10.2 Å². The number of fused-ring (bicyclic) bond motifs is 15. The van der Waals surface area contributed by atoms with Gasteiger partial charge in [0.2, 0.25) is 0 Å². The van der Waals surface area contributed by atoms with Crippen molar-refractivity contribution >= 4 is 0 Å². The third kappa shape index (κ3) is 48.3. The first kappa shape index (κ1) is 161. The summed E-state index contributed by atoms with van der Waals surface area (Å²) in [5, 5.41) is 20.6. The van der Waals surface area contributed by atoms with E-state index in [2.05, 4.69) is 20.8 Å². The fourth-order valence-corrected chi connectivity index (χ4v) is 23.5. The van der Waals surface area contributed by atoms with Crippen LogP contribution in [0.15, 0.2) is 0 Å². The van der Waals surface area contributed by atoms with E-state index in [1.807, 2.05) is 81.1 Å². The van der Waals surface area contributed by atoms with Gasteiger partial charge in [-0.1, -0.05) is 317 Å². The van der Waals surface area contributed by atoms with Crippen molar-refractivity contribution in [2.75, 3.05) is 0 Å². The summed E-state index contributed by atoms with van der Waals surface area (Å²) in [5.41, 5.74) is 0. The Morgan fingerprint density at radius 1 is 0.198 bits per heavy atom. The molecular weight excluding hydrogens is 2670 g/mol. The van der Waals surface area contributed by atoms with Gasteiger partial charge in [-0.05, 0) is 105 Å². The van der Waals surface area contributed by atoms with Crippen LogP contribution < -0.4 is 0 Å². The van der Waals surface area contributed by atoms with Crippen molar-refractivity contribution in [3.05, 3.63) is 17.9 Å². The van der Waals surface area contributed by atoms with Crippen LogP contribution in [0, 0.1) is 708 Å². The molecule has 0 aromatic rings. The molecule has 2 nitrogen and oxygen atoms in total. The molecule has 2 N–H and O–H groups in total. The minimum absolute atomic E-state index is 0. The molecule has 0 aromatic heterocycles. The van der Waals surface area contributed by atoms with Crippen molar-refractivity contribution in [2.45, 2.75) is 353 Å². The van der Waals surface area contributed by atoms with Crippen molar-refractivity contribution in [3.63, 3.8) is 0 Å². The van der Waals surface area contributed by atoms with Gasteiger partial charge in [0, 0.05) is 692 Å². The maximum Gasteiger partial charge on any atom is 0.0602 e. The molecule has 15 rings (SSSR count). The predicted octanol–water partition coefficient (Wildman–Crippen LogP) is 24.3. The standard InChI is InChI=1S/C14H24.2C14H23.C13H22O.C13H21O.5C2H6.15Ar.6W/c3*1-10-11-6-2-4-8-13(11)14-9-5-3-7-12(10)14;2*14-13-11-7-3-1-5-9(11)10-6-2-4-8-12(10)13;5*1-2;;;;;;;;;;;;;;;;;;;;;/h10-14H,2-9H2,1H3;2*11-14H,2-9H2,1H3;9-14H,1-8H2;9-12,14H,1-8H2;5*1-2H3;;;;;;;;;;;;;;;;;;;;;/q;2*-1;;-1;;;;;;;;;;;;;;;;;;;;;;;;;;. The van der Waals surface area contributed by atoms with Crippen LogP contribution in [0.1, 0.15) is 347 Å². The maximum atomic E-state index is 10.3. The van der Waals surface area contributed by atoms with Crippen LogP contribution in [0.5, 0.6) is 0 Å². The average Bonchev–Trinajstić information content (AvgIpc) is 1.68. The number of rotatable bonds is 0. The second-order valence-corrected chi connectivity index (χ2v) is 29.0. The zero-order valence-corrected chi connectivity index (χ0v) is 92.3. The van der Waals surface area contributed by atoms with Crippen LogP contribution in [0.25, 0.3) is 0 Å². The van der Waals surface area contributed by atoms with Gasteiger partial charge in [-0.3, -0.25) is 0 Å². The van der Waals surface area contributed by atoms with Crippen LogP contribution in [0.3, 0.4) is 0 Å². The SMILES string of the molecule is CC.CC.CC.CC.CC.CC1C2CCCCC2C2CCCCC12.C[C-]1C2CCCCC2C2CCCCC12.C[C-]1C2CCCCC2C2CCCCC12.OC1C2CCCCC2C2CCCCC12.O[C-]1C2CCCCC2C2CCCCC12.[Ar].[Ar].[Ar].[Ar].[Ar].[Ar].[Ar].[Ar].[Ar].[Ar].[Ar].[Ar].[Ar].[Ar].[Ar].[W].[W].[W].[W].[W].[W]. The van der Waals surface area contributed by atoms with E-state index in [0.29, 0.717) is 23.7 Å². The molecule has 20 unspecified atom stereocenters. The van der Waals surface area contributed by atoms with Crippen molar-refractivity contribution in [1.82, 2.24) is 0 Å². The molecule has 0 saturated heterocycles. The predicted molar refractivity (Wildman–Crippen MR) is 349 cm³/mol. The first-order valence-corrected chi connectivity index (χ1v) is 38.3. The van der Waals surface area contributed by atoms with Gasteiger partial charge in [0.25, 0.3) is 0 Å². The van der Waals surface area contributed by atoms with E-state index < -0.39 is 0 Å². The molecule has 23 heteroatoms. The van der Waals surface area contributed by atoms with E-state index in [1.165, 1.54) is 205 Å². The van der Waals surface area contributed by atoms with Gasteiger partial charge in [-0.25, -0.2) is 0 Å². The van der Waals surface area contributed by atoms with Gasteiger partial charge >= 0.3 is 0 Å².